The Morgan fingerprint density at radius 2 is 1.69 bits per heavy atom. The van der Waals surface area contributed by atoms with Gasteiger partial charge in [0, 0.05) is 27.3 Å². The van der Waals surface area contributed by atoms with Crippen LogP contribution in [0.5, 0.6) is 0 Å². The molecule has 4 nitrogen and oxygen atoms in total. The van der Waals surface area contributed by atoms with E-state index in [2.05, 4.69) is 31.2 Å². The molecule has 5 heteroatoms. The van der Waals surface area contributed by atoms with Crippen molar-refractivity contribution in [2.24, 2.45) is 0 Å². The summed E-state index contributed by atoms with van der Waals surface area (Å²) < 4.78 is 0.957. The summed E-state index contributed by atoms with van der Waals surface area (Å²) in [5.74, 6) is -0.204. The van der Waals surface area contributed by atoms with Crippen LogP contribution in [0.15, 0.2) is 83.5 Å². The molecule has 0 saturated heterocycles. The van der Waals surface area contributed by atoms with Crippen molar-refractivity contribution in [2.45, 2.75) is 0 Å². The average molecular weight is 404 g/mol. The molecule has 0 aliphatic rings. The summed E-state index contributed by atoms with van der Waals surface area (Å²) in [6, 6.07) is 22.7. The van der Waals surface area contributed by atoms with E-state index >= 15 is 0 Å². The maximum absolute atomic E-state index is 13.0. The van der Waals surface area contributed by atoms with E-state index in [1.54, 1.807) is 6.20 Å². The lowest BCUT2D eigenvalue weighted by molar-refractivity contribution is 0.102. The third-order valence-electron chi connectivity index (χ3n) is 3.98. The van der Waals surface area contributed by atoms with E-state index in [1.807, 2.05) is 72.8 Å². The molecule has 0 unspecified atom stereocenters. The van der Waals surface area contributed by atoms with Gasteiger partial charge in [-0.3, -0.25) is 4.79 Å². The van der Waals surface area contributed by atoms with Crippen LogP contribution in [0.4, 0.5) is 5.69 Å². The summed E-state index contributed by atoms with van der Waals surface area (Å²) >= 11 is 3.40. The second-order valence-corrected chi connectivity index (χ2v) is 6.68. The molecule has 26 heavy (non-hydrogen) atoms. The Kier molecular flexibility index (Phi) is 4.46. The van der Waals surface area contributed by atoms with E-state index in [1.165, 1.54) is 0 Å². The third-order valence-corrected chi connectivity index (χ3v) is 4.51. The highest BCUT2D eigenvalue weighted by atomic mass is 79.9. The van der Waals surface area contributed by atoms with Crippen LogP contribution < -0.4 is 5.32 Å². The Bertz CT molecular complexity index is 1080. The van der Waals surface area contributed by atoms with Crippen molar-refractivity contribution in [3.8, 4) is 11.3 Å². The van der Waals surface area contributed by atoms with Gasteiger partial charge < -0.3 is 5.32 Å². The minimum absolute atomic E-state index is 0.204. The van der Waals surface area contributed by atoms with E-state index in [9.17, 15) is 4.79 Å². The largest absolute Gasteiger partial charge is 0.322 e. The smallest absolute Gasteiger partial charge is 0.257 e. The zero-order valence-electron chi connectivity index (χ0n) is 13.7. The molecule has 0 spiro atoms. The fourth-order valence-corrected chi connectivity index (χ4v) is 2.99. The molecule has 0 radical (unpaired) electrons. The van der Waals surface area contributed by atoms with Crippen molar-refractivity contribution >= 4 is 38.6 Å². The number of carbonyl (C=O) groups excluding carboxylic acids is 1. The van der Waals surface area contributed by atoms with Gasteiger partial charge in [0.25, 0.3) is 5.91 Å². The zero-order valence-corrected chi connectivity index (χ0v) is 15.3. The van der Waals surface area contributed by atoms with Gasteiger partial charge in [0.15, 0.2) is 5.65 Å². The number of rotatable bonds is 3. The highest BCUT2D eigenvalue weighted by molar-refractivity contribution is 9.10. The number of anilines is 1. The molecule has 4 rings (SSSR count). The predicted octanol–water partition coefficient (Wildman–Crippen LogP) is 5.31. The van der Waals surface area contributed by atoms with Gasteiger partial charge in [0.05, 0.1) is 11.3 Å². The number of nitrogens with one attached hydrogen (secondary N) is 1. The van der Waals surface area contributed by atoms with E-state index in [4.69, 9.17) is 0 Å². The summed E-state index contributed by atoms with van der Waals surface area (Å²) in [5.41, 5.74) is 3.35. The molecule has 0 saturated carbocycles. The van der Waals surface area contributed by atoms with Crippen LogP contribution in [0.2, 0.25) is 0 Å². The van der Waals surface area contributed by atoms with Crippen LogP contribution in [0.25, 0.3) is 22.3 Å². The number of hydrogen-bond donors (Lipinski definition) is 1. The number of nitrogens with zero attached hydrogens (tertiary/aromatic N) is 2. The minimum Gasteiger partial charge on any atom is -0.322 e. The zero-order chi connectivity index (χ0) is 17.9. The van der Waals surface area contributed by atoms with Gasteiger partial charge in [-0.1, -0.05) is 46.3 Å². The first-order valence-electron chi connectivity index (χ1n) is 8.09. The SMILES string of the molecule is O=C(Nc1ccc(Br)cc1)c1cc2cccnc2nc1-c1ccccc1. The molecule has 1 amide bonds. The predicted molar refractivity (Wildman–Crippen MR) is 107 cm³/mol. The Morgan fingerprint density at radius 1 is 0.923 bits per heavy atom. The van der Waals surface area contributed by atoms with Gasteiger partial charge in [-0.05, 0) is 42.5 Å². The number of fused-ring (bicyclic) bond motifs is 1. The number of carbonyl (C=O) groups is 1. The Morgan fingerprint density at radius 3 is 2.46 bits per heavy atom. The molecular weight excluding hydrogens is 390 g/mol. The topological polar surface area (TPSA) is 54.9 Å². The number of hydrogen-bond acceptors (Lipinski definition) is 3. The number of halogens is 1. The summed E-state index contributed by atoms with van der Waals surface area (Å²) in [6.45, 7) is 0. The van der Waals surface area contributed by atoms with Gasteiger partial charge >= 0.3 is 0 Å². The highest BCUT2D eigenvalue weighted by Gasteiger charge is 2.16. The van der Waals surface area contributed by atoms with Crippen molar-refractivity contribution in [3.63, 3.8) is 0 Å². The van der Waals surface area contributed by atoms with Gasteiger partial charge in [0.2, 0.25) is 0 Å². The van der Waals surface area contributed by atoms with Gasteiger partial charge in [-0.2, -0.15) is 0 Å². The van der Waals surface area contributed by atoms with Crippen LogP contribution >= 0.6 is 15.9 Å². The second-order valence-electron chi connectivity index (χ2n) is 5.76. The average Bonchev–Trinajstić information content (AvgIpc) is 2.69. The third kappa shape index (κ3) is 3.34. The highest BCUT2D eigenvalue weighted by Crippen LogP contribution is 2.26. The fraction of sp³-hybridized carbons (Fsp3) is 0. The first-order chi connectivity index (χ1) is 12.7. The lowest BCUT2D eigenvalue weighted by Crippen LogP contribution is -2.14. The molecule has 0 atom stereocenters. The van der Waals surface area contributed by atoms with Crippen molar-refractivity contribution in [1.82, 2.24) is 9.97 Å². The van der Waals surface area contributed by atoms with Crippen molar-refractivity contribution in [3.05, 3.63) is 89.0 Å². The lowest BCUT2D eigenvalue weighted by Gasteiger charge is -2.11. The van der Waals surface area contributed by atoms with Crippen LogP contribution in [0.1, 0.15) is 10.4 Å². The maximum atomic E-state index is 13.0. The molecule has 0 aliphatic heterocycles. The van der Waals surface area contributed by atoms with Gasteiger partial charge in [-0.25, -0.2) is 9.97 Å². The molecule has 1 N–H and O–H groups in total. The number of aromatic nitrogens is 2. The molecular formula is C21H14BrN3O. The van der Waals surface area contributed by atoms with Crippen LogP contribution in [0.3, 0.4) is 0 Å². The molecule has 0 fully saturated rings. The summed E-state index contributed by atoms with van der Waals surface area (Å²) in [6.07, 6.45) is 1.70. The Balaban J connectivity index is 1.81. The summed E-state index contributed by atoms with van der Waals surface area (Å²) in [7, 11) is 0. The standard InChI is InChI=1S/C21H14BrN3O/c22-16-8-10-17(11-9-16)24-21(26)18-13-15-7-4-12-23-20(15)25-19(18)14-5-2-1-3-6-14/h1-13H,(H,24,26). The molecule has 2 aromatic carbocycles. The number of amides is 1. The van der Waals surface area contributed by atoms with E-state index in [0.29, 0.717) is 16.9 Å². The summed E-state index contributed by atoms with van der Waals surface area (Å²) in [5, 5.41) is 3.77. The molecule has 126 valence electrons. The van der Waals surface area contributed by atoms with Crippen LogP contribution in [-0.2, 0) is 0 Å². The summed E-state index contributed by atoms with van der Waals surface area (Å²) in [4.78, 5) is 21.9. The van der Waals surface area contributed by atoms with Crippen LogP contribution in [-0.4, -0.2) is 15.9 Å². The quantitative estimate of drug-likeness (QED) is 0.504. The fourth-order valence-electron chi connectivity index (χ4n) is 2.73. The van der Waals surface area contributed by atoms with Gasteiger partial charge in [-0.15, -0.1) is 0 Å². The van der Waals surface area contributed by atoms with Crippen molar-refractivity contribution in [2.75, 3.05) is 5.32 Å². The number of pyridine rings is 2. The Hall–Kier alpha value is -3.05. The van der Waals surface area contributed by atoms with Crippen LogP contribution in [0, 0.1) is 0 Å². The lowest BCUT2D eigenvalue weighted by atomic mass is 10.0. The molecule has 2 aromatic heterocycles. The Labute approximate surface area is 159 Å². The molecule has 2 heterocycles. The van der Waals surface area contributed by atoms with Crippen molar-refractivity contribution < 1.29 is 4.79 Å². The van der Waals surface area contributed by atoms with Gasteiger partial charge in [0.1, 0.15) is 0 Å². The first kappa shape index (κ1) is 16.4. The number of benzene rings is 2. The maximum Gasteiger partial charge on any atom is 0.257 e. The minimum atomic E-state index is -0.204. The van der Waals surface area contributed by atoms with Crippen molar-refractivity contribution in [1.29, 1.82) is 0 Å². The normalized spacial score (nSPS) is 10.7. The monoisotopic (exact) mass is 403 g/mol. The molecule has 0 bridgehead atoms. The molecule has 0 aliphatic carbocycles. The first-order valence-corrected chi connectivity index (χ1v) is 8.88. The van der Waals surface area contributed by atoms with E-state index in [0.717, 1.165) is 21.1 Å². The van der Waals surface area contributed by atoms with E-state index < -0.39 is 0 Å². The second kappa shape index (κ2) is 7.06. The molecule has 4 aromatic rings. The van der Waals surface area contributed by atoms with E-state index in [-0.39, 0.29) is 5.91 Å².